The van der Waals surface area contributed by atoms with E-state index in [1.165, 1.54) is 0 Å². The Morgan fingerprint density at radius 3 is 2.25 bits per heavy atom. The highest BCUT2D eigenvalue weighted by Gasteiger charge is 2.29. The van der Waals surface area contributed by atoms with Crippen molar-refractivity contribution in [3.8, 4) is 5.75 Å². The first-order valence-electron chi connectivity index (χ1n) is 11.5. The smallest absolute Gasteiger partial charge is 0.254 e. The molecular formula is C25H33F2N3O6. The van der Waals surface area contributed by atoms with Crippen LogP contribution in [-0.2, 0) is 30.3 Å². The summed E-state index contributed by atoms with van der Waals surface area (Å²) in [5, 5.41) is 10.1. The minimum absolute atomic E-state index is 0.0157. The number of nitrogens with one attached hydrogen (secondary N) is 2. The van der Waals surface area contributed by atoms with Gasteiger partial charge in [0.05, 0.1) is 38.6 Å². The number of methoxy groups -OCH3 is 1. The van der Waals surface area contributed by atoms with Crippen LogP contribution in [0.5, 0.6) is 5.75 Å². The Kier molecular flexibility index (Phi) is 12.8. The third-order valence-corrected chi connectivity index (χ3v) is 4.95. The van der Waals surface area contributed by atoms with Crippen molar-refractivity contribution in [3.63, 3.8) is 0 Å². The number of hydrogen-bond donors (Lipinski definition) is 3. The average molecular weight is 510 g/mol. The molecule has 0 fully saturated rings. The SMILES string of the molecule is CCOC(C(=O)NCc1ccc(C(=N)N)cc1)c1c(F)ccc(OCCOCCOCCOC)c1F. The van der Waals surface area contributed by atoms with Gasteiger partial charge in [0.2, 0.25) is 0 Å². The molecule has 0 saturated heterocycles. The summed E-state index contributed by atoms with van der Waals surface area (Å²) >= 11 is 0. The fraction of sp³-hybridized carbons (Fsp3) is 0.440. The van der Waals surface area contributed by atoms with Crippen LogP contribution in [0, 0.1) is 17.0 Å². The number of hydrogen-bond acceptors (Lipinski definition) is 7. The van der Waals surface area contributed by atoms with Crippen molar-refractivity contribution >= 4 is 11.7 Å². The molecule has 4 N–H and O–H groups in total. The van der Waals surface area contributed by atoms with Gasteiger partial charge in [-0.1, -0.05) is 24.3 Å². The van der Waals surface area contributed by atoms with Crippen molar-refractivity contribution in [2.45, 2.75) is 19.6 Å². The molecule has 36 heavy (non-hydrogen) atoms. The van der Waals surface area contributed by atoms with Crippen LogP contribution in [0.3, 0.4) is 0 Å². The van der Waals surface area contributed by atoms with Crippen molar-refractivity contribution in [2.24, 2.45) is 5.73 Å². The third kappa shape index (κ3) is 9.15. The Balaban J connectivity index is 1.97. The van der Waals surface area contributed by atoms with Crippen LogP contribution in [-0.4, -0.2) is 65.1 Å². The normalized spacial score (nSPS) is 11.8. The topological polar surface area (TPSA) is 125 Å². The monoisotopic (exact) mass is 509 g/mol. The number of halogens is 2. The van der Waals surface area contributed by atoms with Crippen molar-refractivity contribution < 1.29 is 37.3 Å². The second kappa shape index (κ2) is 15.8. The van der Waals surface area contributed by atoms with Crippen molar-refractivity contribution in [2.75, 3.05) is 53.4 Å². The molecule has 9 nitrogen and oxygen atoms in total. The predicted octanol–water partition coefficient (Wildman–Crippen LogP) is 2.70. The number of amides is 1. The highest BCUT2D eigenvalue weighted by atomic mass is 19.1. The minimum Gasteiger partial charge on any atom is -0.488 e. The summed E-state index contributed by atoms with van der Waals surface area (Å²) in [6.45, 7) is 3.60. The molecule has 1 atom stereocenters. The maximum absolute atomic E-state index is 15.2. The molecule has 0 aromatic heterocycles. The molecular weight excluding hydrogens is 476 g/mol. The summed E-state index contributed by atoms with van der Waals surface area (Å²) in [6, 6.07) is 8.84. The molecule has 0 saturated carbocycles. The first-order chi connectivity index (χ1) is 17.4. The Bertz CT molecular complexity index is 975. The highest BCUT2D eigenvalue weighted by Crippen LogP contribution is 2.30. The van der Waals surface area contributed by atoms with E-state index in [1.807, 2.05) is 0 Å². The van der Waals surface area contributed by atoms with E-state index in [1.54, 1.807) is 38.3 Å². The molecule has 0 aliphatic rings. The number of carbonyl (C=O) groups excluding carboxylic acids is 1. The quantitative estimate of drug-likeness (QED) is 0.170. The molecule has 2 aromatic rings. The van der Waals surface area contributed by atoms with Crippen molar-refractivity contribution in [1.82, 2.24) is 5.32 Å². The lowest BCUT2D eigenvalue weighted by molar-refractivity contribution is -0.133. The van der Waals surface area contributed by atoms with Crippen LogP contribution in [0.4, 0.5) is 8.78 Å². The second-order valence-corrected chi connectivity index (χ2v) is 7.50. The third-order valence-electron chi connectivity index (χ3n) is 4.95. The molecule has 11 heteroatoms. The van der Waals surface area contributed by atoms with Crippen molar-refractivity contribution in [1.29, 1.82) is 5.41 Å². The van der Waals surface area contributed by atoms with Gasteiger partial charge in [0.1, 0.15) is 18.3 Å². The lowest BCUT2D eigenvalue weighted by Gasteiger charge is -2.20. The van der Waals surface area contributed by atoms with Gasteiger partial charge in [-0.25, -0.2) is 8.78 Å². The zero-order valence-electron chi connectivity index (χ0n) is 20.5. The average Bonchev–Trinajstić information content (AvgIpc) is 2.87. The lowest BCUT2D eigenvalue weighted by Crippen LogP contribution is -2.32. The summed E-state index contributed by atoms with van der Waals surface area (Å²) < 4.78 is 56.1. The maximum atomic E-state index is 15.2. The molecule has 0 aliphatic carbocycles. The van der Waals surface area contributed by atoms with Gasteiger partial charge in [0, 0.05) is 25.8 Å². The van der Waals surface area contributed by atoms with Gasteiger partial charge in [0.15, 0.2) is 17.7 Å². The van der Waals surface area contributed by atoms with Gasteiger partial charge in [-0.15, -0.1) is 0 Å². The number of amidine groups is 1. The number of ether oxygens (including phenoxy) is 5. The van der Waals surface area contributed by atoms with E-state index in [-0.39, 0.29) is 38.0 Å². The summed E-state index contributed by atoms with van der Waals surface area (Å²) in [5.74, 6) is -2.95. The van der Waals surface area contributed by atoms with E-state index < -0.39 is 29.2 Å². The van der Waals surface area contributed by atoms with Gasteiger partial charge in [0.25, 0.3) is 5.91 Å². The largest absolute Gasteiger partial charge is 0.488 e. The molecule has 0 bridgehead atoms. The number of rotatable bonds is 17. The van der Waals surface area contributed by atoms with Crippen LogP contribution in [0.1, 0.15) is 29.7 Å². The molecule has 0 aliphatic heterocycles. The van der Waals surface area contributed by atoms with E-state index in [4.69, 9.17) is 34.8 Å². The maximum Gasteiger partial charge on any atom is 0.254 e. The molecule has 2 aromatic carbocycles. The summed E-state index contributed by atoms with van der Waals surface area (Å²) in [5.41, 5.74) is 6.15. The highest BCUT2D eigenvalue weighted by molar-refractivity contribution is 5.94. The molecule has 198 valence electrons. The Morgan fingerprint density at radius 1 is 1.00 bits per heavy atom. The van der Waals surface area contributed by atoms with E-state index in [9.17, 15) is 9.18 Å². The summed E-state index contributed by atoms with van der Waals surface area (Å²) in [6.07, 6.45) is -1.52. The van der Waals surface area contributed by atoms with Gasteiger partial charge in [-0.05, 0) is 24.6 Å². The Hall–Kier alpha value is -3.12. The number of benzene rings is 2. The first-order valence-corrected chi connectivity index (χ1v) is 11.5. The molecule has 0 spiro atoms. The Morgan fingerprint density at radius 2 is 1.64 bits per heavy atom. The fourth-order valence-corrected chi connectivity index (χ4v) is 3.12. The number of carbonyl (C=O) groups is 1. The van der Waals surface area contributed by atoms with E-state index in [0.29, 0.717) is 37.6 Å². The molecule has 0 radical (unpaired) electrons. The predicted molar refractivity (Wildman–Crippen MR) is 129 cm³/mol. The molecule has 1 amide bonds. The fourth-order valence-electron chi connectivity index (χ4n) is 3.12. The number of nitrogens with two attached hydrogens (primary N) is 1. The lowest BCUT2D eigenvalue weighted by atomic mass is 10.1. The second-order valence-electron chi connectivity index (χ2n) is 7.50. The number of nitrogen functional groups attached to an aromatic ring is 1. The van der Waals surface area contributed by atoms with Gasteiger partial charge in [-0.2, -0.15) is 0 Å². The van der Waals surface area contributed by atoms with E-state index in [0.717, 1.165) is 12.1 Å². The van der Waals surface area contributed by atoms with Gasteiger partial charge >= 0.3 is 0 Å². The van der Waals surface area contributed by atoms with Gasteiger partial charge in [-0.3, -0.25) is 10.2 Å². The van der Waals surface area contributed by atoms with Crippen LogP contribution < -0.4 is 15.8 Å². The first kappa shape index (κ1) is 29.1. The van der Waals surface area contributed by atoms with E-state index in [2.05, 4.69) is 5.32 Å². The van der Waals surface area contributed by atoms with Crippen LogP contribution in [0.25, 0.3) is 0 Å². The standard InChI is InChI=1S/C25H33F2N3O6/c1-3-35-23(25(31)30-16-17-4-6-18(7-5-17)24(28)29)21-19(26)8-9-20(22(21)27)36-15-14-34-13-12-33-11-10-32-2/h4-9,23H,3,10-16H2,1-2H3,(H3,28,29)(H,30,31). The van der Waals surface area contributed by atoms with Crippen LogP contribution in [0.15, 0.2) is 36.4 Å². The zero-order valence-corrected chi connectivity index (χ0v) is 20.5. The van der Waals surface area contributed by atoms with Gasteiger partial charge < -0.3 is 34.7 Å². The van der Waals surface area contributed by atoms with Crippen LogP contribution in [0.2, 0.25) is 0 Å². The summed E-state index contributed by atoms with van der Waals surface area (Å²) in [4.78, 5) is 12.8. The minimum atomic E-state index is -1.52. The van der Waals surface area contributed by atoms with Crippen LogP contribution >= 0.6 is 0 Å². The zero-order chi connectivity index (χ0) is 26.3. The molecule has 2 rings (SSSR count). The van der Waals surface area contributed by atoms with Crippen molar-refractivity contribution in [3.05, 3.63) is 64.7 Å². The molecule has 0 heterocycles. The Labute approximate surface area is 209 Å². The summed E-state index contributed by atoms with van der Waals surface area (Å²) in [7, 11) is 1.58. The molecule has 1 unspecified atom stereocenters. The van der Waals surface area contributed by atoms with E-state index >= 15 is 4.39 Å².